The van der Waals surface area contributed by atoms with Crippen molar-refractivity contribution in [2.45, 2.75) is 51.4 Å². The van der Waals surface area contributed by atoms with Crippen molar-refractivity contribution in [3.63, 3.8) is 0 Å². The Morgan fingerprint density at radius 2 is 2.24 bits per heavy atom. The second-order valence-electron chi connectivity index (χ2n) is 5.54. The van der Waals surface area contributed by atoms with Crippen LogP contribution in [0.25, 0.3) is 0 Å². The Morgan fingerprint density at radius 1 is 1.59 bits per heavy atom. The molecule has 1 fully saturated rings. The number of ether oxygens (including phenoxy) is 2. The first kappa shape index (κ1) is 14.4. The van der Waals surface area contributed by atoms with Gasteiger partial charge in [0.1, 0.15) is 12.2 Å². The number of rotatable bonds is 4. The fraction of sp³-hybridized carbons (Fsp3) is 0.917. The molecule has 0 aromatic carbocycles. The smallest absolute Gasteiger partial charge is 0.246 e. The minimum absolute atomic E-state index is 0.00875. The Bertz CT molecular complexity index is 274. The van der Waals surface area contributed by atoms with E-state index in [2.05, 4.69) is 5.32 Å². The van der Waals surface area contributed by atoms with Gasteiger partial charge in [-0.15, -0.1) is 0 Å². The van der Waals surface area contributed by atoms with Gasteiger partial charge in [0.05, 0.1) is 11.7 Å². The Balaban J connectivity index is 2.28. The molecule has 2 unspecified atom stereocenters. The van der Waals surface area contributed by atoms with Crippen molar-refractivity contribution in [1.82, 2.24) is 5.32 Å². The number of hydrogen-bond acceptors (Lipinski definition) is 4. The molecule has 5 nitrogen and oxygen atoms in total. The molecule has 0 aromatic rings. The maximum absolute atomic E-state index is 11.5. The number of aliphatic hydroxyl groups is 1. The monoisotopic (exact) mass is 245 g/mol. The molecule has 5 heteroatoms. The van der Waals surface area contributed by atoms with Crippen molar-refractivity contribution < 1.29 is 19.4 Å². The molecule has 100 valence electrons. The third-order valence-corrected chi connectivity index (χ3v) is 2.89. The topological polar surface area (TPSA) is 67.8 Å². The van der Waals surface area contributed by atoms with Crippen LogP contribution in [0.3, 0.4) is 0 Å². The summed E-state index contributed by atoms with van der Waals surface area (Å²) in [5.74, 6) is -0.215. The largest absolute Gasteiger partial charge is 0.385 e. The predicted octanol–water partition coefficient (Wildman–Crippen LogP) is 0.458. The standard InChI is InChI=1S/C12H23NO4/c1-9-12(15,5-6-16-9)8-13-10(14)7-17-11(2,3)4/h9,15H,5-8H2,1-4H3,(H,13,14). The van der Waals surface area contributed by atoms with E-state index in [0.717, 1.165) is 0 Å². The number of amides is 1. The summed E-state index contributed by atoms with van der Waals surface area (Å²) in [5, 5.41) is 12.8. The van der Waals surface area contributed by atoms with Gasteiger partial charge in [0.2, 0.25) is 5.91 Å². The maximum atomic E-state index is 11.5. The average Bonchev–Trinajstić information content (AvgIpc) is 2.53. The Labute approximate surface area is 102 Å². The van der Waals surface area contributed by atoms with Crippen LogP contribution in [0.2, 0.25) is 0 Å². The Hall–Kier alpha value is -0.650. The molecular formula is C12H23NO4. The molecule has 0 bridgehead atoms. The highest BCUT2D eigenvalue weighted by molar-refractivity contribution is 5.77. The average molecular weight is 245 g/mol. The first-order chi connectivity index (χ1) is 7.73. The van der Waals surface area contributed by atoms with Crippen LogP contribution >= 0.6 is 0 Å². The van der Waals surface area contributed by atoms with Gasteiger partial charge in [0, 0.05) is 19.6 Å². The van der Waals surface area contributed by atoms with Gasteiger partial charge in [-0.3, -0.25) is 4.79 Å². The number of carbonyl (C=O) groups is 1. The van der Waals surface area contributed by atoms with E-state index in [0.29, 0.717) is 13.0 Å². The molecule has 1 rings (SSSR count). The molecule has 1 heterocycles. The number of nitrogens with one attached hydrogen (secondary N) is 1. The van der Waals surface area contributed by atoms with Crippen LogP contribution < -0.4 is 5.32 Å². The van der Waals surface area contributed by atoms with Crippen LogP contribution in [0.15, 0.2) is 0 Å². The third-order valence-electron chi connectivity index (χ3n) is 2.89. The fourth-order valence-corrected chi connectivity index (χ4v) is 1.59. The van der Waals surface area contributed by atoms with Crippen LogP contribution in [-0.4, -0.2) is 48.1 Å². The van der Waals surface area contributed by atoms with Gasteiger partial charge >= 0.3 is 0 Å². The second-order valence-corrected chi connectivity index (χ2v) is 5.54. The molecule has 0 aliphatic carbocycles. The van der Waals surface area contributed by atoms with E-state index in [1.165, 1.54) is 0 Å². The molecular weight excluding hydrogens is 222 g/mol. The molecule has 0 aromatic heterocycles. The fourth-order valence-electron chi connectivity index (χ4n) is 1.59. The molecule has 1 saturated heterocycles. The Kier molecular flexibility index (Phi) is 4.52. The van der Waals surface area contributed by atoms with E-state index >= 15 is 0 Å². The SMILES string of the molecule is CC1OCCC1(O)CNC(=O)COC(C)(C)C. The van der Waals surface area contributed by atoms with Crippen molar-refractivity contribution in [3.8, 4) is 0 Å². The van der Waals surface area contributed by atoms with Crippen LogP contribution in [0.5, 0.6) is 0 Å². The van der Waals surface area contributed by atoms with Crippen LogP contribution in [0.1, 0.15) is 34.1 Å². The van der Waals surface area contributed by atoms with Crippen LogP contribution in [-0.2, 0) is 14.3 Å². The summed E-state index contributed by atoms with van der Waals surface area (Å²) in [6.07, 6.45) is 0.306. The molecule has 0 saturated carbocycles. The van der Waals surface area contributed by atoms with Gasteiger partial charge in [-0.2, -0.15) is 0 Å². The van der Waals surface area contributed by atoms with Crippen molar-refractivity contribution in [2.75, 3.05) is 19.8 Å². The van der Waals surface area contributed by atoms with E-state index in [4.69, 9.17) is 9.47 Å². The van der Waals surface area contributed by atoms with Gasteiger partial charge in [0.15, 0.2) is 0 Å². The van der Waals surface area contributed by atoms with Crippen molar-refractivity contribution >= 4 is 5.91 Å². The van der Waals surface area contributed by atoms with Gasteiger partial charge in [-0.25, -0.2) is 0 Å². The summed E-state index contributed by atoms with van der Waals surface area (Å²) in [6, 6.07) is 0. The minimum Gasteiger partial charge on any atom is -0.385 e. The summed E-state index contributed by atoms with van der Waals surface area (Å²) in [5.41, 5.74) is -1.28. The summed E-state index contributed by atoms with van der Waals surface area (Å²) >= 11 is 0. The van der Waals surface area contributed by atoms with E-state index in [-0.39, 0.29) is 30.8 Å². The van der Waals surface area contributed by atoms with E-state index in [1.807, 2.05) is 27.7 Å². The lowest BCUT2D eigenvalue weighted by atomic mass is 9.97. The molecule has 2 atom stereocenters. The lowest BCUT2D eigenvalue weighted by molar-refractivity contribution is -0.132. The highest BCUT2D eigenvalue weighted by Gasteiger charge is 2.39. The Morgan fingerprint density at radius 3 is 2.71 bits per heavy atom. The van der Waals surface area contributed by atoms with Crippen LogP contribution in [0.4, 0.5) is 0 Å². The lowest BCUT2D eigenvalue weighted by Gasteiger charge is -2.26. The van der Waals surface area contributed by atoms with Gasteiger partial charge in [0.25, 0.3) is 0 Å². The number of carbonyl (C=O) groups excluding carboxylic acids is 1. The van der Waals surface area contributed by atoms with Crippen LogP contribution in [0, 0.1) is 0 Å². The maximum Gasteiger partial charge on any atom is 0.246 e. The normalized spacial score (nSPS) is 29.4. The molecule has 17 heavy (non-hydrogen) atoms. The van der Waals surface area contributed by atoms with E-state index < -0.39 is 5.60 Å². The van der Waals surface area contributed by atoms with Gasteiger partial charge in [-0.05, 0) is 27.7 Å². The molecule has 0 radical (unpaired) electrons. The summed E-state index contributed by atoms with van der Waals surface area (Å²) in [7, 11) is 0. The van der Waals surface area contributed by atoms with E-state index in [1.54, 1.807) is 0 Å². The van der Waals surface area contributed by atoms with Gasteiger partial charge < -0.3 is 19.9 Å². The van der Waals surface area contributed by atoms with Gasteiger partial charge in [-0.1, -0.05) is 0 Å². The quantitative estimate of drug-likeness (QED) is 0.755. The minimum atomic E-state index is -0.947. The summed E-state index contributed by atoms with van der Waals surface area (Å²) < 4.78 is 10.6. The zero-order chi connectivity index (χ0) is 13.1. The summed E-state index contributed by atoms with van der Waals surface area (Å²) in [6.45, 7) is 8.23. The molecule has 1 aliphatic heterocycles. The molecule has 2 N–H and O–H groups in total. The third kappa shape index (κ3) is 4.61. The van der Waals surface area contributed by atoms with Crippen molar-refractivity contribution in [3.05, 3.63) is 0 Å². The summed E-state index contributed by atoms with van der Waals surface area (Å²) in [4.78, 5) is 11.5. The van der Waals surface area contributed by atoms with Crippen molar-refractivity contribution in [2.24, 2.45) is 0 Å². The first-order valence-corrected chi connectivity index (χ1v) is 5.98. The second kappa shape index (κ2) is 5.33. The lowest BCUT2D eigenvalue weighted by Crippen LogP contribution is -2.48. The molecule has 1 aliphatic rings. The highest BCUT2D eigenvalue weighted by Crippen LogP contribution is 2.24. The molecule has 1 amide bonds. The zero-order valence-corrected chi connectivity index (χ0v) is 11.1. The molecule has 0 spiro atoms. The number of hydrogen-bond donors (Lipinski definition) is 2. The predicted molar refractivity (Wildman–Crippen MR) is 63.7 cm³/mol. The van der Waals surface area contributed by atoms with E-state index in [9.17, 15) is 9.90 Å². The van der Waals surface area contributed by atoms with Crippen molar-refractivity contribution in [1.29, 1.82) is 0 Å². The first-order valence-electron chi connectivity index (χ1n) is 5.98. The highest BCUT2D eigenvalue weighted by atomic mass is 16.5. The zero-order valence-electron chi connectivity index (χ0n) is 11.1.